The number of hydrogen-bond acceptors (Lipinski definition) is 3. The van der Waals surface area contributed by atoms with Crippen LogP contribution in [-0.2, 0) is 7.05 Å². The lowest BCUT2D eigenvalue weighted by atomic mass is 10.1. The highest BCUT2D eigenvalue weighted by Gasteiger charge is 2.20. The van der Waals surface area contributed by atoms with E-state index in [-0.39, 0.29) is 10.6 Å². The van der Waals surface area contributed by atoms with Gasteiger partial charge in [0.05, 0.1) is 17.7 Å². The zero-order chi connectivity index (χ0) is 13.4. The number of aryl methyl sites for hydroxylation is 2. The molecule has 2 rings (SSSR count). The zero-order valence-corrected chi connectivity index (χ0v) is 11.0. The number of aromatic nitrogens is 2. The van der Waals surface area contributed by atoms with Gasteiger partial charge in [-0.3, -0.25) is 4.68 Å². The molecule has 0 saturated carbocycles. The summed E-state index contributed by atoms with van der Waals surface area (Å²) in [5, 5.41) is 4.18. The molecular weight excluding hydrogens is 257 g/mol. The van der Waals surface area contributed by atoms with Gasteiger partial charge in [-0.15, -0.1) is 0 Å². The zero-order valence-electron chi connectivity index (χ0n) is 10.3. The van der Waals surface area contributed by atoms with Crippen LogP contribution >= 0.6 is 11.6 Å². The summed E-state index contributed by atoms with van der Waals surface area (Å²) in [6.07, 6.45) is 0. The van der Waals surface area contributed by atoms with E-state index < -0.39 is 5.82 Å². The van der Waals surface area contributed by atoms with Crippen molar-refractivity contribution in [2.75, 3.05) is 12.8 Å². The lowest BCUT2D eigenvalue weighted by Crippen LogP contribution is -1.98. The van der Waals surface area contributed by atoms with Gasteiger partial charge in [-0.1, -0.05) is 11.6 Å². The van der Waals surface area contributed by atoms with Crippen molar-refractivity contribution >= 4 is 17.4 Å². The SMILES string of the molecule is COc1c(C)cc(Cl)c(F)c1-c1cc(N)n(C)n1. The quantitative estimate of drug-likeness (QED) is 0.912. The van der Waals surface area contributed by atoms with Crippen molar-refractivity contribution in [1.29, 1.82) is 0 Å². The topological polar surface area (TPSA) is 53.1 Å². The van der Waals surface area contributed by atoms with Gasteiger partial charge in [0.15, 0.2) is 5.82 Å². The third-order valence-electron chi connectivity index (χ3n) is 2.73. The van der Waals surface area contributed by atoms with Gasteiger partial charge in [-0.2, -0.15) is 5.10 Å². The molecule has 2 aromatic rings. The van der Waals surface area contributed by atoms with Gasteiger partial charge in [0.2, 0.25) is 0 Å². The highest BCUT2D eigenvalue weighted by molar-refractivity contribution is 6.31. The number of methoxy groups -OCH3 is 1. The van der Waals surface area contributed by atoms with E-state index in [0.29, 0.717) is 17.3 Å². The molecule has 0 spiro atoms. The van der Waals surface area contributed by atoms with Crippen molar-refractivity contribution in [1.82, 2.24) is 9.78 Å². The van der Waals surface area contributed by atoms with Crippen LogP contribution in [0.15, 0.2) is 12.1 Å². The second kappa shape index (κ2) is 4.49. The van der Waals surface area contributed by atoms with Crippen molar-refractivity contribution in [2.45, 2.75) is 6.92 Å². The molecule has 0 amide bonds. The molecule has 1 heterocycles. The number of nitrogen functional groups attached to an aromatic ring is 1. The minimum atomic E-state index is -0.558. The standard InChI is InChI=1S/C12H13ClFN3O/c1-6-4-7(13)11(14)10(12(6)18-3)8-5-9(15)17(2)16-8/h4-5H,15H2,1-3H3. The van der Waals surface area contributed by atoms with E-state index in [0.717, 1.165) is 5.56 Å². The Morgan fingerprint density at radius 2 is 2.11 bits per heavy atom. The van der Waals surface area contributed by atoms with E-state index in [1.807, 2.05) is 0 Å². The number of nitrogens with zero attached hydrogens (tertiary/aromatic N) is 2. The smallest absolute Gasteiger partial charge is 0.155 e. The molecule has 1 aromatic heterocycles. The Balaban J connectivity index is 2.76. The molecule has 0 aliphatic heterocycles. The molecule has 0 radical (unpaired) electrons. The van der Waals surface area contributed by atoms with Crippen molar-refractivity contribution in [3.8, 4) is 17.0 Å². The molecule has 0 aliphatic rings. The summed E-state index contributed by atoms with van der Waals surface area (Å²) in [7, 11) is 3.16. The number of anilines is 1. The first-order valence-electron chi connectivity index (χ1n) is 5.28. The van der Waals surface area contributed by atoms with E-state index in [4.69, 9.17) is 22.1 Å². The minimum Gasteiger partial charge on any atom is -0.496 e. The van der Waals surface area contributed by atoms with Gasteiger partial charge in [-0.25, -0.2) is 4.39 Å². The molecule has 0 atom stereocenters. The summed E-state index contributed by atoms with van der Waals surface area (Å²) in [5.41, 5.74) is 7.07. The normalized spacial score (nSPS) is 10.7. The van der Waals surface area contributed by atoms with E-state index >= 15 is 0 Å². The average Bonchev–Trinajstić information content (AvgIpc) is 2.63. The Morgan fingerprint density at radius 3 is 2.61 bits per heavy atom. The summed E-state index contributed by atoms with van der Waals surface area (Å²) < 4.78 is 20.8. The highest BCUT2D eigenvalue weighted by atomic mass is 35.5. The van der Waals surface area contributed by atoms with Crippen LogP contribution in [0.25, 0.3) is 11.3 Å². The first-order valence-corrected chi connectivity index (χ1v) is 5.66. The summed E-state index contributed by atoms with van der Waals surface area (Å²) in [6, 6.07) is 3.10. The molecule has 4 nitrogen and oxygen atoms in total. The van der Waals surface area contributed by atoms with E-state index in [1.165, 1.54) is 17.9 Å². The van der Waals surface area contributed by atoms with Gasteiger partial charge < -0.3 is 10.5 Å². The van der Waals surface area contributed by atoms with E-state index in [1.54, 1.807) is 20.0 Å². The summed E-state index contributed by atoms with van der Waals surface area (Å²) in [6.45, 7) is 1.79. The van der Waals surface area contributed by atoms with Crippen LogP contribution in [0.4, 0.5) is 10.2 Å². The average molecular weight is 270 g/mol. The Hall–Kier alpha value is -1.75. The van der Waals surface area contributed by atoms with Crippen molar-refractivity contribution < 1.29 is 9.13 Å². The number of rotatable bonds is 2. The molecule has 0 aliphatic carbocycles. The van der Waals surface area contributed by atoms with Gasteiger partial charge >= 0.3 is 0 Å². The summed E-state index contributed by atoms with van der Waals surface area (Å²) >= 11 is 5.85. The molecule has 0 bridgehead atoms. The van der Waals surface area contributed by atoms with Gasteiger partial charge in [-0.05, 0) is 18.6 Å². The largest absolute Gasteiger partial charge is 0.496 e. The second-order valence-electron chi connectivity index (χ2n) is 3.98. The van der Waals surface area contributed by atoms with Crippen molar-refractivity contribution in [2.24, 2.45) is 7.05 Å². The highest BCUT2D eigenvalue weighted by Crippen LogP contribution is 2.38. The van der Waals surface area contributed by atoms with Crippen LogP contribution in [-0.4, -0.2) is 16.9 Å². The van der Waals surface area contributed by atoms with Crippen molar-refractivity contribution in [3.05, 3.63) is 28.5 Å². The molecule has 96 valence electrons. The fraction of sp³-hybridized carbons (Fsp3) is 0.250. The molecule has 0 unspecified atom stereocenters. The fourth-order valence-corrected chi connectivity index (χ4v) is 2.09. The Labute approximate surface area is 109 Å². The molecule has 0 saturated heterocycles. The van der Waals surface area contributed by atoms with Crippen LogP contribution in [0.2, 0.25) is 5.02 Å². The van der Waals surface area contributed by atoms with Crippen LogP contribution in [0.5, 0.6) is 5.75 Å². The van der Waals surface area contributed by atoms with Crippen LogP contribution in [0.1, 0.15) is 5.56 Å². The van der Waals surface area contributed by atoms with Gasteiger partial charge in [0, 0.05) is 13.1 Å². The Morgan fingerprint density at radius 1 is 1.44 bits per heavy atom. The van der Waals surface area contributed by atoms with Gasteiger partial charge in [0.25, 0.3) is 0 Å². The van der Waals surface area contributed by atoms with Gasteiger partial charge in [0.1, 0.15) is 17.3 Å². The molecule has 2 N–H and O–H groups in total. The maximum Gasteiger partial charge on any atom is 0.155 e. The third kappa shape index (κ3) is 1.90. The van der Waals surface area contributed by atoms with E-state index in [9.17, 15) is 4.39 Å². The molecule has 18 heavy (non-hydrogen) atoms. The molecule has 1 aromatic carbocycles. The molecular formula is C12H13ClFN3O. The summed E-state index contributed by atoms with van der Waals surface area (Å²) in [5.74, 6) is 0.288. The number of halogens is 2. The predicted molar refractivity (Wildman–Crippen MR) is 69.3 cm³/mol. The molecule has 0 fully saturated rings. The molecule has 6 heteroatoms. The number of hydrogen-bond donors (Lipinski definition) is 1. The number of nitrogens with two attached hydrogens (primary N) is 1. The van der Waals surface area contributed by atoms with Crippen LogP contribution in [0, 0.1) is 12.7 Å². The maximum atomic E-state index is 14.2. The Kier molecular flexibility index (Phi) is 3.17. The minimum absolute atomic E-state index is 0.0347. The second-order valence-corrected chi connectivity index (χ2v) is 4.38. The third-order valence-corrected chi connectivity index (χ3v) is 3.01. The summed E-state index contributed by atoms with van der Waals surface area (Å²) in [4.78, 5) is 0. The monoisotopic (exact) mass is 269 g/mol. The van der Waals surface area contributed by atoms with Crippen molar-refractivity contribution in [3.63, 3.8) is 0 Å². The number of benzene rings is 1. The number of ether oxygens (including phenoxy) is 1. The maximum absolute atomic E-state index is 14.2. The fourth-order valence-electron chi connectivity index (χ4n) is 1.83. The van der Waals surface area contributed by atoms with Crippen LogP contribution < -0.4 is 10.5 Å². The Bertz CT molecular complexity index is 590. The lowest BCUT2D eigenvalue weighted by molar-refractivity contribution is 0.410. The van der Waals surface area contributed by atoms with Crippen LogP contribution in [0.3, 0.4) is 0 Å². The van der Waals surface area contributed by atoms with E-state index in [2.05, 4.69) is 5.10 Å². The first kappa shape index (κ1) is 12.7. The lowest BCUT2D eigenvalue weighted by Gasteiger charge is -2.11. The first-order chi connectivity index (χ1) is 8.45. The predicted octanol–water partition coefficient (Wildman–Crippen LogP) is 2.78.